The van der Waals surface area contributed by atoms with Crippen LogP contribution in [0, 0.1) is 6.92 Å². The van der Waals surface area contributed by atoms with E-state index in [0.717, 1.165) is 19.1 Å². The molecule has 0 spiro atoms. The largest absolute Gasteiger partial charge is 0.480 e. The number of aliphatic carboxylic acids is 1. The normalized spacial score (nSPS) is 16.1. The Morgan fingerprint density at radius 2 is 1.91 bits per heavy atom. The molecular weight excluding hydrogens is 306 g/mol. The fraction of sp³-hybridized carbons (Fsp3) is 0.467. The molecule has 1 fully saturated rings. The lowest BCUT2D eigenvalue weighted by molar-refractivity contribution is -0.141. The molecule has 6 nitrogen and oxygen atoms in total. The Bertz CT molecular complexity index is 721. The van der Waals surface area contributed by atoms with Gasteiger partial charge in [0.1, 0.15) is 6.04 Å². The van der Waals surface area contributed by atoms with E-state index in [1.807, 2.05) is 0 Å². The van der Waals surface area contributed by atoms with E-state index in [4.69, 9.17) is 5.11 Å². The highest BCUT2D eigenvalue weighted by Crippen LogP contribution is 2.31. The highest BCUT2D eigenvalue weighted by molar-refractivity contribution is 7.90. The molecule has 0 saturated heterocycles. The van der Waals surface area contributed by atoms with Gasteiger partial charge in [0.2, 0.25) is 0 Å². The average Bonchev–Trinajstić information content (AvgIpc) is 3.22. The molecular formula is C15H19NO5S. The molecule has 1 aliphatic carbocycles. The third-order valence-corrected chi connectivity index (χ3v) is 5.02. The number of benzene rings is 1. The number of rotatable bonds is 5. The number of carboxylic acid groups (broad SMARTS) is 1. The number of hydrogen-bond donors (Lipinski definition) is 1. The summed E-state index contributed by atoms with van der Waals surface area (Å²) in [6.07, 6.45) is 2.63. The van der Waals surface area contributed by atoms with Gasteiger partial charge in [0.05, 0.1) is 4.90 Å². The molecule has 1 unspecified atom stereocenters. The molecule has 0 bridgehead atoms. The summed E-state index contributed by atoms with van der Waals surface area (Å²) in [6.45, 7) is 3.12. The van der Waals surface area contributed by atoms with E-state index in [2.05, 4.69) is 0 Å². The van der Waals surface area contributed by atoms with E-state index in [-0.39, 0.29) is 16.5 Å². The van der Waals surface area contributed by atoms with Gasteiger partial charge in [0, 0.05) is 17.9 Å². The van der Waals surface area contributed by atoms with Crippen LogP contribution >= 0.6 is 0 Å². The Hall–Kier alpha value is -1.89. The third kappa shape index (κ3) is 3.30. The first-order valence-corrected chi connectivity index (χ1v) is 8.88. The van der Waals surface area contributed by atoms with E-state index < -0.39 is 27.8 Å². The summed E-state index contributed by atoms with van der Waals surface area (Å²) in [6, 6.07) is 3.41. The quantitative estimate of drug-likeness (QED) is 0.885. The second-order valence-corrected chi connectivity index (χ2v) is 7.69. The highest BCUT2D eigenvalue weighted by atomic mass is 32.2. The van der Waals surface area contributed by atoms with Crippen LogP contribution in [0.3, 0.4) is 0 Å². The number of amides is 1. The molecule has 1 atom stereocenters. The van der Waals surface area contributed by atoms with Crippen molar-refractivity contribution < 1.29 is 23.1 Å². The first-order chi connectivity index (χ1) is 10.1. The summed E-state index contributed by atoms with van der Waals surface area (Å²) in [5.41, 5.74) is 0.759. The van der Waals surface area contributed by atoms with Gasteiger partial charge in [-0.15, -0.1) is 0 Å². The lowest BCUT2D eigenvalue weighted by Gasteiger charge is -2.26. The Morgan fingerprint density at radius 3 is 2.36 bits per heavy atom. The molecule has 7 heteroatoms. The van der Waals surface area contributed by atoms with E-state index in [1.165, 1.54) is 24.0 Å². The van der Waals surface area contributed by atoms with Gasteiger partial charge in [-0.3, -0.25) is 4.79 Å². The van der Waals surface area contributed by atoms with Crippen molar-refractivity contribution in [1.29, 1.82) is 0 Å². The zero-order chi connectivity index (χ0) is 16.7. The van der Waals surface area contributed by atoms with Crippen LogP contribution in [0.25, 0.3) is 0 Å². The minimum Gasteiger partial charge on any atom is -0.480 e. The Labute approximate surface area is 129 Å². The maximum atomic E-state index is 12.6. The van der Waals surface area contributed by atoms with Crippen molar-refractivity contribution in [3.8, 4) is 0 Å². The monoisotopic (exact) mass is 325 g/mol. The van der Waals surface area contributed by atoms with Gasteiger partial charge >= 0.3 is 5.97 Å². The number of sulfone groups is 1. The van der Waals surface area contributed by atoms with E-state index in [1.54, 1.807) is 13.0 Å². The zero-order valence-electron chi connectivity index (χ0n) is 12.7. The van der Waals surface area contributed by atoms with E-state index >= 15 is 0 Å². The van der Waals surface area contributed by atoms with Crippen molar-refractivity contribution >= 4 is 21.7 Å². The minimum absolute atomic E-state index is 0.0819. The van der Waals surface area contributed by atoms with Gasteiger partial charge in [-0.05, 0) is 44.4 Å². The number of carbonyl (C=O) groups excluding carboxylic acids is 1. The van der Waals surface area contributed by atoms with E-state index in [9.17, 15) is 18.0 Å². The van der Waals surface area contributed by atoms with Crippen LogP contribution in [-0.2, 0) is 14.6 Å². The van der Waals surface area contributed by atoms with Crippen LogP contribution in [0.15, 0.2) is 23.1 Å². The Morgan fingerprint density at radius 1 is 1.32 bits per heavy atom. The highest BCUT2D eigenvalue weighted by Gasteiger charge is 2.39. The second kappa shape index (κ2) is 5.72. The third-order valence-electron chi connectivity index (χ3n) is 3.78. The van der Waals surface area contributed by atoms with Crippen molar-refractivity contribution in [2.45, 2.75) is 43.7 Å². The van der Waals surface area contributed by atoms with Crippen LogP contribution < -0.4 is 0 Å². The fourth-order valence-electron chi connectivity index (χ4n) is 2.41. The van der Waals surface area contributed by atoms with Gasteiger partial charge < -0.3 is 10.0 Å². The van der Waals surface area contributed by atoms with Crippen LogP contribution in [0.2, 0.25) is 0 Å². The van der Waals surface area contributed by atoms with Crippen LogP contribution in [0.5, 0.6) is 0 Å². The van der Waals surface area contributed by atoms with Crippen LogP contribution in [0.4, 0.5) is 0 Å². The lowest BCUT2D eigenvalue weighted by atomic mass is 10.1. The van der Waals surface area contributed by atoms with Crippen molar-refractivity contribution in [1.82, 2.24) is 4.90 Å². The molecule has 120 valence electrons. The second-order valence-electron chi connectivity index (χ2n) is 5.71. The fourth-order valence-corrected chi connectivity index (χ4v) is 3.41. The Balaban J connectivity index is 2.42. The standard InChI is InChI=1S/C15H19NO5S/c1-9-4-5-11(8-13(9)22(3,20)21)14(17)16(12-6-7-12)10(2)15(18)19/h4-5,8,10,12H,6-7H2,1-3H3,(H,18,19). The average molecular weight is 325 g/mol. The van der Waals surface area contributed by atoms with Gasteiger partial charge in [-0.25, -0.2) is 13.2 Å². The maximum absolute atomic E-state index is 12.6. The lowest BCUT2D eigenvalue weighted by Crippen LogP contribution is -2.44. The smallest absolute Gasteiger partial charge is 0.326 e. The molecule has 0 radical (unpaired) electrons. The van der Waals surface area contributed by atoms with Gasteiger partial charge in [-0.1, -0.05) is 6.07 Å². The predicted octanol–water partition coefficient (Wildman–Crippen LogP) is 1.48. The SMILES string of the molecule is Cc1ccc(C(=O)N(C2CC2)C(C)C(=O)O)cc1S(C)(=O)=O. The first-order valence-electron chi connectivity index (χ1n) is 6.99. The molecule has 1 saturated carbocycles. The predicted molar refractivity (Wildman–Crippen MR) is 80.6 cm³/mol. The number of aryl methyl sites for hydroxylation is 1. The molecule has 0 aliphatic heterocycles. The summed E-state index contributed by atoms with van der Waals surface area (Å²) in [5, 5.41) is 9.16. The van der Waals surface area contributed by atoms with Crippen molar-refractivity contribution in [2.24, 2.45) is 0 Å². The molecule has 0 aromatic heterocycles. The van der Waals surface area contributed by atoms with Crippen LogP contribution in [-0.4, -0.2) is 48.6 Å². The molecule has 1 N–H and O–H groups in total. The number of carbonyl (C=O) groups is 2. The number of carboxylic acids is 1. The number of hydrogen-bond acceptors (Lipinski definition) is 4. The van der Waals surface area contributed by atoms with Gasteiger partial charge in [-0.2, -0.15) is 0 Å². The summed E-state index contributed by atoms with van der Waals surface area (Å²) in [7, 11) is -3.44. The topological polar surface area (TPSA) is 91.8 Å². The molecule has 1 aromatic rings. The molecule has 1 aliphatic rings. The molecule has 0 heterocycles. The molecule has 1 aromatic carbocycles. The summed E-state index contributed by atoms with van der Waals surface area (Å²) in [5.74, 6) is -1.52. The molecule has 22 heavy (non-hydrogen) atoms. The first kappa shape index (κ1) is 16.5. The number of nitrogens with zero attached hydrogens (tertiary/aromatic N) is 1. The maximum Gasteiger partial charge on any atom is 0.326 e. The summed E-state index contributed by atoms with van der Waals surface area (Å²) < 4.78 is 23.5. The van der Waals surface area contributed by atoms with Gasteiger partial charge in [0.15, 0.2) is 9.84 Å². The van der Waals surface area contributed by atoms with E-state index in [0.29, 0.717) is 5.56 Å². The summed E-state index contributed by atoms with van der Waals surface area (Å²) in [4.78, 5) is 25.3. The molecule has 1 amide bonds. The Kier molecular flexibility index (Phi) is 4.28. The minimum atomic E-state index is -3.44. The zero-order valence-corrected chi connectivity index (χ0v) is 13.6. The van der Waals surface area contributed by atoms with Crippen molar-refractivity contribution in [2.75, 3.05) is 6.26 Å². The summed E-state index contributed by atoms with van der Waals surface area (Å²) >= 11 is 0. The molecule has 2 rings (SSSR count). The van der Waals surface area contributed by atoms with Gasteiger partial charge in [0.25, 0.3) is 5.91 Å². The van der Waals surface area contributed by atoms with Crippen molar-refractivity contribution in [3.05, 3.63) is 29.3 Å². The van der Waals surface area contributed by atoms with Crippen molar-refractivity contribution in [3.63, 3.8) is 0 Å². The van der Waals surface area contributed by atoms with Crippen LogP contribution in [0.1, 0.15) is 35.7 Å².